The zero-order valence-corrected chi connectivity index (χ0v) is 17.7. The molecule has 0 aliphatic rings. The molecule has 2 aromatic carbocycles. The van der Waals surface area contributed by atoms with E-state index < -0.39 is 0 Å². The van der Waals surface area contributed by atoms with Gasteiger partial charge in [0.05, 0.1) is 23.6 Å². The van der Waals surface area contributed by atoms with Gasteiger partial charge in [0, 0.05) is 14.8 Å². The van der Waals surface area contributed by atoms with Crippen molar-refractivity contribution in [1.29, 1.82) is 0 Å². The molecule has 0 aliphatic heterocycles. The third kappa shape index (κ3) is 3.59. The van der Waals surface area contributed by atoms with Gasteiger partial charge in [0.1, 0.15) is 11.4 Å². The highest BCUT2D eigenvalue weighted by molar-refractivity contribution is 14.1. The van der Waals surface area contributed by atoms with Crippen molar-refractivity contribution in [2.24, 2.45) is 0 Å². The lowest BCUT2D eigenvalue weighted by Gasteiger charge is -2.09. The lowest BCUT2D eigenvalue weighted by molar-refractivity contribution is 0.102. The highest BCUT2D eigenvalue weighted by Gasteiger charge is 2.18. The number of fused-ring (bicyclic) bond motifs is 1. The van der Waals surface area contributed by atoms with Crippen molar-refractivity contribution in [3.63, 3.8) is 0 Å². The van der Waals surface area contributed by atoms with Crippen LogP contribution in [0.5, 0.6) is 0 Å². The van der Waals surface area contributed by atoms with Gasteiger partial charge >= 0.3 is 0 Å². The smallest absolute Gasteiger partial charge is 0.255 e. The Labute approximate surface area is 185 Å². The van der Waals surface area contributed by atoms with E-state index in [0.29, 0.717) is 39.5 Å². The van der Waals surface area contributed by atoms with Crippen molar-refractivity contribution < 1.29 is 13.6 Å². The Balaban J connectivity index is 1.56. The fourth-order valence-corrected chi connectivity index (χ4v) is 3.46. The number of furan rings is 2. The van der Waals surface area contributed by atoms with Crippen molar-refractivity contribution in [3.05, 3.63) is 88.4 Å². The fraction of sp³-hybridized carbons (Fsp3) is 0. The molecule has 0 unspecified atom stereocenters. The second-order valence-corrected chi connectivity index (χ2v) is 7.79. The first-order chi connectivity index (χ1) is 14.7. The number of carbonyl (C=O) groups is 1. The molecule has 0 saturated heterocycles. The monoisotopic (exact) mass is 507 g/mol. The van der Waals surface area contributed by atoms with Gasteiger partial charge in [0.25, 0.3) is 5.91 Å². The van der Waals surface area contributed by atoms with Gasteiger partial charge in [-0.1, -0.05) is 0 Å². The second-order valence-electron chi connectivity index (χ2n) is 6.54. The molecular weight excluding hydrogens is 493 g/mol. The number of hydrogen-bond donors (Lipinski definition) is 1. The molecule has 0 radical (unpaired) electrons. The van der Waals surface area contributed by atoms with Gasteiger partial charge in [-0.15, -0.1) is 0 Å². The molecule has 0 fully saturated rings. The van der Waals surface area contributed by atoms with E-state index in [1.807, 2.05) is 36.4 Å². The van der Waals surface area contributed by atoms with Crippen LogP contribution in [0.1, 0.15) is 10.4 Å². The van der Waals surface area contributed by atoms with Gasteiger partial charge in [0.15, 0.2) is 11.5 Å². The van der Waals surface area contributed by atoms with E-state index in [2.05, 4.69) is 27.9 Å². The number of anilines is 1. The van der Waals surface area contributed by atoms with Crippen molar-refractivity contribution in [2.45, 2.75) is 0 Å². The van der Waals surface area contributed by atoms with Crippen molar-refractivity contribution in [3.8, 4) is 22.9 Å². The molecule has 5 aromatic rings. The van der Waals surface area contributed by atoms with Gasteiger partial charge < -0.3 is 14.2 Å². The van der Waals surface area contributed by atoms with E-state index in [9.17, 15) is 4.79 Å². The maximum Gasteiger partial charge on any atom is 0.255 e. The Morgan fingerprint density at radius 2 is 1.43 bits per heavy atom. The lowest BCUT2D eigenvalue weighted by atomic mass is 10.1. The van der Waals surface area contributed by atoms with Crippen molar-refractivity contribution in [2.75, 3.05) is 5.32 Å². The fourth-order valence-electron chi connectivity index (χ4n) is 3.10. The van der Waals surface area contributed by atoms with Crippen LogP contribution < -0.4 is 5.32 Å². The third-order valence-corrected chi connectivity index (χ3v) is 5.26. The first-order valence-corrected chi connectivity index (χ1v) is 10.2. The summed E-state index contributed by atoms with van der Waals surface area (Å²) in [6.07, 6.45) is 3.17. The van der Waals surface area contributed by atoms with Crippen LogP contribution in [0.3, 0.4) is 0 Å². The van der Waals surface area contributed by atoms with E-state index >= 15 is 0 Å². The van der Waals surface area contributed by atoms with Crippen molar-refractivity contribution in [1.82, 2.24) is 9.97 Å². The normalized spacial score (nSPS) is 11.0. The number of hydrogen-bond acceptors (Lipinski definition) is 5. The summed E-state index contributed by atoms with van der Waals surface area (Å²) in [7, 11) is 0. The summed E-state index contributed by atoms with van der Waals surface area (Å²) < 4.78 is 12.2. The molecule has 0 aliphatic carbocycles. The van der Waals surface area contributed by atoms with Gasteiger partial charge in [0.2, 0.25) is 0 Å². The number of benzene rings is 2. The molecule has 0 saturated carbocycles. The van der Waals surface area contributed by atoms with Crippen LogP contribution in [-0.4, -0.2) is 15.9 Å². The maximum atomic E-state index is 12.7. The van der Waals surface area contributed by atoms with Crippen LogP contribution in [0, 0.1) is 3.57 Å². The van der Waals surface area contributed by atoms with Crippen LogP contribution in [-0.2, 0) is 0 Å². The molecule has 146 valence electrons. The summed E-state index contributed by atoms with van der Waals surface area (Å²) in [5.41, 5.74) is 3.60. The quantitative estimate of drug-likeness (QED) is 0.302. The number of carbonyl (C=O) groups excluding carboxylic acids is 1. The largest absolute Gasteiger partial charge is 0.463 e. The number of nitrogens with one attached hydrogen (secondary N) is 1. The van der Waals surface area contributed by atoms with Gasteiger partial charge in [-0.05, 0) is 89.3 Å². The average Bonchev–Trinajstić information content (AvgIpc) is 3.48. The molecule has 3 heterocycles. The second kappa shape index (κ2) is 7.75. The zero-order valence-electron chi connectivity index (χ0n) is 15.5. The molecule has 7 heteroatoms. The highest BCUT2D eigenvalue weighted by atomic mass is 127. The molecular formula is C23H14IN3O3. The standard InChI is InChI=1S/C23H14IN3O3/c24-15-6-8-16(9-7-15)25-23(28)14-5-10-17-18(13-14)27-22(20-4-2-12-30-20)21(26-17)19-3-1-11-29-19/h1-13H,(H,25,28). The van der Waals surface area contributed by atoms with Crippen LogP contribution >= 0.6 is 22.6 Å². The number of nitrogens with zero attached hydrogens (tertiary/aromatic N) is 2. The minimum Gasteiger partial charge on any atom is -0.463 e. The van der Waals surface area contributed by atoms with Crippen LogP contribution in [0.25, 0.3) is 33.9 Å². The number of aromatic nitrogens is 2. The van der Waals surface area contributed by atoms with Crippen molar-refractivity contribution >= 4 is 45.2 Å². The Bertz CT molecular complexity index is 1330. The highest BCUT2D eigenvalue weighted by Crippen LogP contribution is 2.31. The summed E-state index contributed by atoms with van der Waals surface area (Å²) in [5, 5.41) is 2.90. The summed E-state index contributed by atoms with van der Waals surface area (Å²) >= 11 is 2.22. The predicted octanol–water partition coefficient (Wildman–Crippen LogP) is 6.01. The van der Waals surface area contributed by atoms with Crippen LogP contribution in [0.15, 0.2) is 88.1 Å². The molecule has 6 nitrogen and oxygen atoms in total. The topological polar surface area (TPSA) is 81.2 Å². The molecule has 1 amide bonds. The number of halogens is 1. The van der Waals surface area contributed by atoms with E-state index in [1.165, 1.54) is 0 Å². The predicted molar refractivity (Wildman–Crippen MR) is 122 cm³/mol. The van der Waals surface area contributed by atoms with Gasteiger partial charge in [-0.3, -0.25) is 4.79 Å². The molecule has 1 N–H and O–H groups in total. The molecule has 0 spiro atoms. The Morgan fingerprint density at radius 3 is 2.03 bits per heavy atom. The zero-order chi connectivity index (χ0) is 20.5. The first-order valence-electron chi connectivity index (χ1n) is 9.14. The number of rotatable bonds is 4. The molecule has 0 atom stereocenters. The lowest BCUT2D eigenvalue weighted by Crippen LogP contribution is -2.12. The maximum absolute atomic E-state index is 12.7. The minimum absolute atomic E-state index is 0.213. The summed E-state index contributed by atoms with van der Waals surface area (Å²) in [6.45, 7) is 0. The Kier molecular flexibility index (Phi) is 4.80. The molecule has 3 aromatic heterocycles. The molecule has 0 bridgehead atoms. The Hall–Kier alpha value is -3.46. The molecule has 5 rings (SSSR count). The summed E-state index contributed by atoms with van der Waals surface area (Å²) in [4.78, 5) is 22.2. The van der Waals surface area contributed by atoms with Gasteiger partial charge in [-0.25, -0.2) is 9.97 Å². The van der Waals surface area contributed by atoms with Crippen LogP contribution in [0.2, 0.25) is 0 Å². The van der Waals surface area contributed by atoms with Crippen LogP contribution in [0.4, 0.5) is 5.69 Å². The Morgan fingerprint density at radius 1 is 0.800 bits per heavy atom. The summed E-state index contributed by atoms with van der Waals surface area (Å²) in [6, 6.07) is 20.1. The minimum atomic E-state index is -0.213. The van der Waals surface area contributed by atoms with E-state index in [1.54, 1.807) is 42.9 Å². The summed E-state index contributed by atoms with van der Waals surface area (Å²) in [5.74, 6) is 0.954. The third-order valence-electron chi connectivity index (χ3n) is 4.54. The SMILES string of the molecule is O=C(Nc1ccc(I)cc1)c1ccc2nc(-c3ccco3)c(-c3ccco3)nc2c1. The van der Waals surface area contributed by atoms with E-state index in [4.69, 9.17) is 18.8 Å². The van der Waals surface area contributed by atoms with E-state index in [0.717, 1.165) is 9.26 Å². The number of amides is 1. The van der Waals surface area contributed by atoms with E-state index in [-0.39, 0.29) is 5.91 Å². The van der Waals surface area contributed by atoms with Gasteiger partial charge in [-0.2, -0.15) is 0 Å². The molecule has 30 heavy (non-hydrogen) atoms. The first kappa shape index (κ1) is 18.6. The average molecular weight is 507 g/mol.